The van der Waals surface area contributed by atoms with Crippen molar-refractivity contribution < 1.29 is 18.6 Å². The number of benzene rings is 2. The third-order valence-corrected chi connectivity index (χ3v) is 4.79. The summed E-state index contributed by atoms with van der Waals surface area (Å²) in [6.07, 6.45) is 0.622. The first-order valence-corrected chi connectivity index (χ1v) is 10.2. The summed E-state index contributed by atoms with van der Waals surface area (Å²) in [5.74, 6) is 1.50. The van der Waals surface area contributed by atoms with Gasteiger partial charge in [-0.1, -0.05) is 37.3 Å². The predicted molar refractivity (Wildman–Crippen MR) is 130 cm³/mol. The van der Waals surface area contributed by atoms with Crippen LogP contribution in [0.25, 0.3) is 0 Å². The van der Waals surface area contributed by atoms with Gasteiger partial charge in [0.2, 0.25) is 0 Å². The summed E-state index contributed by atoms with van der Waals surface area (Å²) < 4.78 is 30.4. The Balaban J connectivity index is 0.00000341. The molecule has 1 aliphatic rings. The lowest BCUT2D eigenvalue weighted by Gasteiger charge is -2.21. The summed E-state index contributed by atoms with van der Waals surface area (Å²) in [6, 6.07) is 13.1. The molecule has 3 rings (SSSR count). The van der Waals surface area contributed by atoms with E-state index in [4.69, 9.17) is 14.2 Å². The molecular formula is C23H31FIN3O3. The highest BCUT2D eigenvalue weighted by molar-refractivity contribution is 14.0. The Bertz CT molecular complexity index is 836. The molecule has 31 heavy (non-hydrogen) atoms. The quantitative estimate of drug-likeness (QED) is 0.286. The lowest BCUT2D eigenvalue weighted by Crippen LogP contribution is -2.40. The van der Waals surface area contributed by atoms with Gasteiger partial charge in [-0.15, -0.1) is 24.0 Å². The maximum atomic E-state index is 13.8. The second-order valence-electron chi connectivity index (χ2n) is 7.40. The van der Waals surface area contributed by atoms with Crippen LogP contribution >= 0.6 is 24.0 Å². The van der Waals surface area contributed by atoms with Crippen molar-refractivity contribution in [2.75, 3.05) is 33.5 Å². The van der Waals surface area contributed by atoms with Crippen LogP contribution in [0.1, 0.15) is 23.6 Å². The summed E-state index contributed by atoms with van der Waals surface area (Å²) >= 11 is 0. The van der Waals surface area contributed by atoms with Gasteiger partial charge in [0.05, 0.1) is 19.8 Å². The number of rotatable bonds is 9. The lowest BCUT2D eigenvalue weighted by molar-refractivity contribution is -0.0172. The maximum Gasteiger partial charge on any atom is 0.190 e. The molecule has 2 aromatic rings. The first-order valence-electron chi connectivity index (χ1n) is 10.2. The zero-order valence-electron chi connectivity index (χ0n) is 18.0. The van der Waals surface area contributed by atoms with E-state index >= 15 is 0 Å². The topological polar surface area (TPSA) is 64.1 Å². The van der Waals surface area contributed by atoms with Crippen LogP contribution < -0.4 is 15.4 Å². The summed E-state index contributed by atoms with van der Waals surface area (Å²) in [7, 11) is 1.73. The number of nitrogens with one attached hydrogen (secondary N) is 2. The molecule has 170 valence electrons. The number of hydrogen-bond acceptors (Lipinski definition) is 4. The summed E-state index contributed by atoms with van der Waals surface area (Å²) in [4.78, 5) is 4.25. The smallest absolute Gasteiger partial charge is 0.190 e. The number of guanidine groups is 1. The van der Waals surface area contributed by atoms with Gasteiger partial charge in [0.25, 0.3) is 0 Å². The molecular weight excluding hydrogens is 512 g/mol. The van der Waals surface area contributed by atoms with E-state index in [0.717, 1.165) is 23.4 Å². The van der Waals surface area contributed by atoms with Crippen molar-refractivity contribution in [2.24, 2.45) is 10.9 Å². The standard InChI is InChI=1S/C23H30FN3O3.HI/c1-17(13-28-14-18-6-4-3-5-7-18)12-27-23(25-2)26-9-8-19-10-21(24)11-20-15-29-16-30-22(19)20;/h3-7,10-11,17H,8-9,12-16H2,1-2H3,(H2,25,26,27);1H. The van der Waals surface area contributed by atoms with Crippen LogP contribution in [0.2, 0.25) is 0 Å². The Morgan fingerprint density at radius 1 is 1.23 bits per heavy atom. The Hall–Kier alpha value is -1.91. The Morgan fingerprint density at radius 3 is 2.81 bits per heavy atom. The fourth-order valence-corrected chi connectivity index (χ4v) is 3.26. The third-order valence-electron chi connectivity index (χ3n) is 4.79. The van der Waals surface area contributed by atoms with Crippen molar-refractivity contribution in [3.63, 3.8) is 0 Å². The minimum absolute atomic E-state index is 0. The highest BCUT2D eigenvalue weighted by Crippen LogP contribution is 2.29. The van der Waals surface area contributed by atoms with Crippen LogP contribution in [0.5, 0.6) is 5.75 Å². The van der Waals surface area contributed by atoms with Crippen molar-refractivity contribution in [3.05, 3.63) is 65.0 Å². The number of nitrogens with zero attached hydrogens (tertiary/aromatic N) is 1. The van der Waals surface area contributed by atoms with E-state index in [1.807, 2.05) is 18.2 Å². The van der Waals surface area contributed by atoms with Gasteiger partial charge >= 0.3 is 0 Å². The molecule has 2 aromatic carbocycles. The van der Waals surface area contributed by atoms with Crippen molar-refractivity contribution in [2.45, 2.75) is 26.6 Å². The molecule has 1 aliphatic heterocycles. The molecule has 0 aliphatic carbocycles. The monoisotopic (exact) mass is 543 g/mol. The van der Waals surface area contributed by atoms with Crippen LogP contribution in [-0.2, 0) is 29.1 Å². The SMILES string of the molecule is CN=C(NCCc1cc(F)cc2c1OCOC2)NCC(C)COCc1ccccc1.I. The van der Waals surface area contributed by atoms with Gasteiger partial charge in [-0.2, -0.15) is 0 Å². The van der Waals surface area contributed by atoms with Crippen molar-refractivity contribution in [3.8, 4) is 5.75 Å². The first kappa shape index (κ1) is 25.4. The normalized spacial score (nSPS) is 14.1. The van der Waals surface area contributed by atoms with Crippen molar-refractivity contribution in [1.82, 2.24) is 10.6 Å². The summed E-state index contributed by atoms with van der Waals surface area (Å²) in [5, 5.41) is 6.58. The molecule has 0 fully saturated rings. The van der Waals surface area contributed by atoms with Gasteiger partial charge < -0.3 is 24.8 Å². The third kappa shape index (κ3) is 8.27. The van der Waals surface area contributed by atoms with E-state index in [2.05, 4.69) is 34.7 Å². The molecule has 0 radical (unpaired) electrons. The van der Waals surface area contributed by atoms with Gasteiger partial charge in [0, 0.05) is 25.7 Å². The molecule has 0 spiro atoms. The summed E-state index contributed by atoms with van der Waals surface area (Å²) in [5.41, 5.74) is 2.76. The molecule has 0 amide bonds. The van der Waals surface area contributed by atoms with E-state index in [1.54, 1.807) is 7.05 Å². The second kappa shape index (κ2) is 13.5. The van der Waals surface area contributed by atoms with Crippen LogP contribution in [0, 0.1) is 11.7 Å². The summed E-state index contributed by atoms with van der Waals surface area (Å²) in [6.45, 7) is 5.33. The molecule has 6 nitrogen and oxygen atoms in total. The number of aliphatic imine (C=N–C) groups is 1. The van der Waals surface area contributed by atoms with Gasteiger partial charge in [-0.3, -0.25) is 4.99 Å². The van der Waals surface area contributed by atoms with Crippen molar-refractivity contribution >= 4 is 29.9 Å². The van der Waals surface area contributed by atoms with E-state index in [0.29, 0.717) is 44.7 Å². The second-order valence-corrected chi connectivity index (χ2v) is 7.40. The van der Waals surface area contributed by atoms with E-state index < -0.39 is 0 Å². The van der Waals surface area contributed by atoms with Crippen LogP contribution in [0.4, 0.5) is 4.39 Å². The predicted octanol–water partition coefficient (Wildman–Crippen LogP) is 3.87. The zero-order valence-corrected chi connectivity index (χ0v) is 20.4. The molecule has 0 saturated carbocycles. The molecule has 0 aromatic heterocycles. The minimum atomic E-state index is -0.273. The lowest BCUT2D eigenvalue weighted by atomic mass is 10.1. The van der Waals surface area contributed by atoms with E-state index in [-0.39, 0.29) is 36.6 Å². The molecule has 0 bridgehead atoms. The number of fused-ring (bicyclic) bond motifs is 1. The molecule has 8 heteroatoms. The average Bonchev–Trinajstić information content (AvgIpc) is 2.76. The number of hydrogen-bond donors (Lipinski definition) is 2. The van der Waals surface area contributed by atoms with E-state index in [1.165, 1.54) is 17.7 Å². The van der Waals surface area contributed by atoms with Gasteiger partial charge in [-0.05, 0) is 35.6 Å². The highest BCUT2D eigenvalue weighted by Gasteiger charge is 2.16. The molecule has 2 N–H and O–H groups in total. The molecule has 1 atom stereocenters. The Labute approximate surface area is 200 Å². The molecule has 1 heterocycles. The van der Waals surface area contributed by atoms with Gasteiger partial charge in [0.1, 0.15) is 11.6 Å². The maximum absolute atomic E-state index is 13.8. The van der Waals surface area contributed by atoms with Crippen LogP contribution in [0.15, 0.2) is 47.5 Å². The first-order chi connectivity index (χ1) is 14.7. The fourth-order valence-electron chi connectivity index (χ4n) is 3.26. The minimum Gasteiger partial charge on any atom is -0.467 e. The van der Waals surface area contributed by atoms with Crippen molar-refractivity contribution in [1.29, 1.82) is 0 Å². The van der Waals surface area contributed by atoms with Crippen LogP contribution in [0.3, 0.4) is 0 Å². The number of ether oxygens (including phenoxy) is 3. The molecule has 0 saturated heterocycles. The Kier molecular flexibility index (Phi) is 11.0. The van der Waals surface area contributed by atoms with Crippen LogP contribution in [-0.4, -0.2) is 39.5 Å². The highest BCUT2D eigenvalue weighted by atomic mass is 127. The average molecular weight is 543 g/mol. The van der Waals surface area contributed by atoms with E-state index in [9.17, 15) is 4.39 Å². The van der Waals surface area contributed by atoms with Gasteiger partial charge in [0.15, 0.2) is 12.8 Å². The fraction of sp³-hybridized carbons (Fsp3) is 0.435. The number of halogens is 2. The molecule has 1 unspecified atom stereocenters. The largest absolute Gasteiger partial charge is 0.467 e. The Morgan fingerprint density at radius 2 is 2.03 bits per heavy atom. The zero-order chi connectivity index (χ0) is 21.2. The van der Waals surface area contributed by atoms with Gasteiger partial charge in [-0.25, -0.2) is 4.39 Å².